The van der Waals surface area contributed by atoms with Crippen LogP contribution in [0.5, 0.6) is 0 Å². The van der Waals surface area contributed by atoms with E-state index in [1.54, 1.807) is 29.1 Å². The van der Waals surface area contributed by atoms with Crippen LogP contribution in [0.3, 0.4) is 0 Å². The van der Waals surface area contributed by atoms with Crippen LogP contribution >= 0.6 is 11.6 Å². The Morgan fingerprint density at radius 1 is 1.36 bits per heavy atom. The Morgan fingerprint density at radius 3 is 2.82 bits per heavy atom. The minimum atomic E-state index is -0.267. The van der Waals surface area contributed by atoms with Gasteiger partial charge in [0.05, 0.1) is 11.2 Å². The number of carbonyl (C=O) groups excluding carboxylic acids is 1. The molecule has 1 aromatic carbocycles. The van der Waals surface area contributed by atoms with E-state index in [2.05, 4.69) is 10.4 Å². The molecular formula is C16H19ClN4O. The van der Waals surface area contributed by atoms with E-state index in [1.165, 1.54) is 0 Å². The van der Waals surface area contributed by atoms with Crippen LogP contribution in [-0.4, -0.2) is 27.8 Å². The lowest BCUT2D eigenvalue weighted by molar-refractivity contribution is 0.0897. The van der Waals surface area contributed by atoms with Gasteiger partial charge in [-0.05, 0) is 37.1 Å². The molecule has 0 unspecified atom stereocenters. The van der Waals surface area contributed by atoms with Crippen molar-refractivity contribution < 1.29 is 4.79 Å². The summed E-state index contributed by atoms with van der Waals surface area (Å²) in [6, 6.07) is 9.04. The topological polar surface area (TPSA) is 72.9 Å². The van der Waals surface area contributed by atoms with Crippen LogP contribution in [0.25, 0.3) is 5.69 Å². The zero-order chi connectivity index (χ0) is 15.6. The third-order valence-corrected chi connectivity index (χ3v) is 4.46. The molecule has 1 aliphatic rings. The third kappa shape index (κ3) is 3.00. The lowest BCUT2D eigenvalue weighted by Crippen LogP contribution is -2.51. The van der Waals surface area contributed by atoms with Crippen molar-refractivity contribution in [3.63, 3.8) is 0 Å². The number of halogens is 1. The van der Waals surface area contributed by atoms with E-state index in [0.717, 1.165) is 31.4 Å². The predicted molar refractivity (Wildman–Crippen MR) is 86.3 cm³/mol. The molecule has 5 nitrogen and oxygen atoms in total. The first-order valence-electron chi connectivity index (χ1n) is 7.46. The molecule has 1 saturated carbocycles. The largest absolute Gasteiger partial charge is 0.344 e. The van der Waals surface area contributed by atoms with Gasteiger partial charge in [-0.2, -0.15) is 5.10 Å². The van der Waals surface area contributed by atoms with Gasteiger partial charge in [-0.3, -0.25) is 4.79 Å². The van der Waals surface area contributed by atoms with Gasteiger partial charge in [-0.15, -0.1) is 0 Å². The van der Waals surface area contributed by atoms with Crippen LogP contribution in [-0.2, 0) is 0 Å². The summed E-state index contributed by atoms with van der Waals surface area (Å²) in [5.41, 5.74) is 6.80. The van der Waals surface area contributed by atoms with E-state index >= 15 is 0 Å². The first-order valence-corrected chi connectivity index (χ1v) is 7.84. The fourth-order valence-electron chi connectivity index (χ4n) is 2.94. The molecular weight excluding hydrogens is 300 g/mol. The lowest BCUT2D eigenvalue weighted by Gasteiger charge is -2.28. The second-order valence-electron chi connectivity index (χ2n) is 5.77. The number of benzene rings is 1. The molecule has 1 aromatic heterocycles. The van der Waals surface area contributed by atoms with E-state index < -0.39 is 0 Å². The normalized spacial score (nSPS) is 16.6. The number of nitrogens with two attached hydrogens (primary N) is 1. The minimum absolute atomic E-state index is 0.173. The second kappa shape index (κ2) is 6.10. The Kier molecular flexibility index (Phi) is 4.18. The quantitative estimate of drug-likeness (QED) is 0.909. The number of carbonyl (C=O) groups is 1. The highest BCUT2D eigenvalue weighted by Gasteiger charge is 2.34. The van der Waals surface area contributed by atoms with E-state index in [0.29, 0.717) is 17.3 Å². The molecule has 0 saturated heterocycles. The molecule has 1 aliphatic carbocycles. The zero-order valence-corrected chi connectivity index (χ0v) is 13.0. The van der Waals surface area contributed by atoms with Gasteiger partial charge in [0.2, 0.25) is 0 Å². The van der Waals surface area contributed by atoms with Gasteiger partial charge in [0.25, 0.3) is 5.91 Å². The molecule has 0 atom stereocenters. The minimum Gasteiger partial charge on any atom is -0.344 e. The highest BCUT2D eigenvalue weighted by molar-refractivity contribution is 6.30. The number of rotatable bonds is 4. The zero-order valence-electron chi connectivity index (χ0n) is 12.3. The highest BCUT2D eigenvalue weighted by atomic mass is 35.5. The Labute approximate surface area is 134 Å². The van der Waals surface area contributed by atoms with Gasteiger partial charge < -0.3 is 11.1 Å². The maximum atomic E-state index is 12.4. The van der Waals surface area contributed by atoms with E-state index in [9.17, 15) is 4.79 Å². The Balaban J connectivity index is 1.77. The molecule has 6 heteroatoms. The number of hydrogen-bond donors (Lipinski definition) is 2. The smallest absolute Gasteiger partial charge is 0.272 e. The molecule has 2 aromatic rings. The summed E-state index contributed by atoms with van der Waals surface area (Å²) < 4.78 is 1.64. The van der Waals surface area contributed by atoms with Crippen molar-refractivity contribution in [2.45, 2.75) is 31.2 Å². The molecule has 1 heterocycles. The van der Waals surface area contributed by atoms with Crippen LogP contribution in [0.1, 0.15) is 36.2 Å². The summed E-state index contributed by atoms with van der Waals surface area (Å²) in [5.74, 6) is -0.173. The molecule has 1 amide bonds. The van der Waals surface area contributed by atoms with Gasteiger partial charge in [0.1, 0.15) is 0 Å². The Hall–Kier alpha value is -1.85. The molecule has 22 heavy (non-hydrogen) atoms. The molecule has 0 bridgehead atoms. The van der Waals surface area contributed by atoms with Crippen LogP contribution in [0.2, 0.25) is 5.02 Å². The van der Waals surface area contributed by atoms with Crippen molar-refractivity contribution >= 4 is 17.5 Å². The average Bonchev–Trinajstić information content (AvgIpc) is 3.17. The van der Waals surface area contributed by atoms with Gasteiger partial charge >= 0.3 is 0 Å². The number of nitrogens with zero attached hydrogens (tertiary/aromatic N) is 2. The summed E-state index contributed by atoms with van der Waals surface area (Å²) in [4.78, 5) is 12.4. The van der Waals surface area contributed by atoms with Gasteiger partial charge in [0.15, 0.2) is 5.69 Å². The molecule has 116 valence electrons. The van der Waals surface area contributed by atoms with Crippen LogP contribution < -0.4 is 11.1 Å². The summed E-state index contributed by atoms with van der Waals surface area (Å²) >= 11 is 5.98. The fourth-order valence-corrected chi connectivity index (χ4v) is 3.13. The van der Waals surface area contributed by atoms with Crippen LogP contribution in [0, 0.1) is 0 Å². The highest BCUT2D eigenvalue weighted by Crippen LogP contribution is 2.28. The van der Waals surface area contributed by atoms with E-state index in [-0.39, 0.29) is 11.4 Å². The fraction of sp³-hybridized carbons (Fsp3) is 0.375. The molecule has 0 spiro atoms. The molecule has 1 fully saturated rings. The number of nitrogens with one attached hydrogen (secondary N) is 1. The van der Waals surface area contributed by atoms with E-state index in [4.69, 9.17) is 17.3 Å². The third-order valence-electron chi connectivity index (χ3n) is 4.22. The first-order chi connectivity index (χ1) is 10.6. The maximum Gasteiger partial charge on any atom is 0.272 e. The Bertz CT molecular complexity index is 676. The number of aromatic nitrogens is 2. The van der Waals surface area contributed by atoms with Crippen molar-refractivity contribution in [1.82, 2.24) is 15.1 Å². The van der Waals surface area contributed by atoms with Crippen LogP contribution in [0.4, 0.5) is 0 Å². The second-order valence-corrected chi connectivity index (χ2v) is 6.21. The van der Waals surface area contributed by atoms with Crippen molar-refractivity contribution in [3.05, 3.63) is 47.2 Å². The number of amides is 1. The monoisotopic (exact) mass is 318 g/mol. The maximum absolute atomic E-state index is 12.4. The predicted octanol–water partition coefficient (Wildman–Crippen LogP) is 2.53. The molecule has 3 rings (SSSR count). The van der Waals surface area contributed by atoms with Crippen molar-refractivity contribution in [2.75, 3.05) is 6.54 Å². The Morgan fingerprint density at radius 2 is 2.14 bits per heavy atom. The molecule has 0 aliphatic heterocycles. The summed E-state index contributed by atoms with van der Waals surface area (Å²) in [7, 11) is 0. The number of hydrogen-bond acceptors (Lipinski definition) is 3. The lowest BCUT2D eigenvalue weighted by atomic mass is 9.97. The van der Waals surface area contributed by atoms with Crippen molar-refractivity contribution in [2.24, 2.45) is 5.73 Å². The van der Waals surface area contributed by atoms with Gasteiger partial charge in [-0.25, -0.2) is 4.68 Å². The van der Waals surface area contributed by atoms with E-state index in [1.807, 2.05) is 12.1 Å². The van der Waals surface area contributed by atoms with Gasteiger partial charge in [-0.1, -0.05) is 30.5 Å². The van der Waals surface area contributed by atoms with Crippen molar-refractivity contribution in [3.8, 4) is 5.69 Å². The molecule has 3 N–H and O–H groups in total. The van der Waals surface area contributed by atoms with Crippen LogP contribution in [0.15, 0.2) is 36.5 Å². The average molecular weight is 319 g/mol. The standard InChI is InChI=1S/C16H19ClN4O/c17-12-4-3-5-13(10-12)21-9-6-14(20-21)15(22)19-16(11-18)7-1-2-8-16/h3-6,9-10H,1-2,7-8,11,18H2,(H,19,22). The van der Waals surface area contributed by atoms with Gasteiger partial charge in [0, 0.05) is 17.8 Å². The summed E-state index contributed by atoms with van der Waals surface area (Å²) in [5, 5.41) is 8.03. The van der Waals surface area contributed by atoms with Crippen molar-refractivity contribution in [1.29, 1.82) is 0 Å². The summed E-state index contributed by atoms with van der Waals surface area (Å²) in [6.45, 7) is 0.466. The first kappa shape index (κ1) is 15.1. The molecule has 0 radical (unpaired) electrons. The summed E-state index contributed by atoms with van der Waals surface area (Å²) in [6.07, 6.45) is 5.84. The SMILES string of the molecule is NCC1(NC(=O)c2ccn(-c3cccc(Cl)c3)n2)CCCC1.